The van der Waals surface area contributed by atoms with Gasteiger partial charge in [-0.05, 0) is 24.8 Å². The maximum absolute atomic E-state index is 12.7. The number of allylic oxidation sites excluding steroid dienone is 2. The number of carbonyl (C=O) groups excluding carboxylic acids is 4. The highest BCUT2D eigenvalue weighted by molar-refractivity contribution is 6.07. The summed E-state index contributed by atoms with van der Waals surface area (Å²) in [7, 11) is 1.49. The van der Waals surface area contributed by atoms with Gasteiger partial charge in [0.1, 0.15) is 11.5 Å². The molecule has 6 atom stereocenters. The highest BCUT2D eigenvalue weighted by atomic mass is 16.5. The van der Waals surface area contributed by atoms with Gasteiger partial charge in [-0.1, -0.05) is 17.7 Å². The second-order valence-corrected chi connectivity index (χ2v) is 8.16. The van der Waals surface area contributed by atoms with Crippen molar-refractivity contribution in [1.82, 2.24) is 10.6 Å². The van der Waals surface area contributed by atoms with E-state index in [0.717, 1.165) is 5.57 Å². The van der Waals surface area contributed by atoms with E-state index in [9.17, 15) is 24.3 Å². The molecule has 0 aromatic heterocycles. The van der Waals surface area contributed by atoms with Crippen molar-refractivity contribution in [2.45, 2.75) is 18.8 Å². The average molecular weight is 396 g/mol. The first-order valence-electron chi connectivity index (χ1n) is 9.67. The van der Waals surface area contributed by atoms with E-state index in [1.807, 2.05) is 6.08 Å². The smallest absolute Gasteiger partial charge is 0.231 e. The van der Waals surface area contributed by atoms with Crippen LogP contribution in [0.3, 0.4) is 0 Å². The molecule has 1 saturated carbocycles. The number of methoxy groups -OCH3 is 1. The molecule has 0 radical (unpaired) electrons. The lowest BCUT2D eigenvalue weighted by Crippen LogP contribution is -2.42. The van der Waals surface area contributed by atoms with Crippen LogP contribution in [0.25, 0.3) is 0 Å². The average Bonchev–Trinajstić information content (AvgIpc) is 3.15. The van der Waals surface area contributed by atoms with Gasteiger partial charge in [0.25, 0.3) is 0 Å². The molecule has 8 nitrogen and oxygen atoms in total. The van der Waals surface area contributed by atoms with Gasteiger partial charge < -0.3 is 9.84 Å². The molecule has 0 bridgehead atoms. The van der Waals surface area contributed by atoms with Crippen LogP contribution in [0.2, 0.25) is 0 Å². The number of nitrogens with one attached hydrogen (secondary N) is 2. The van der Waals surface area contributed by atoms with Crippen molar-refractivity contribution in [2.24, 2.45) is 29.6 Å². The molecule has 4 amide bonds. The van der Waals surface area contributed by atoms with Crippen LogP contribution < -0.4 is 15.4 Å². The molecule has 6 unspecified atom stereocenters. The lowest BCUT2D eigenvalue weighted by molar-refractivity contribution is -0.128. The fourth-order valence-electron chi connectivity index (χ4n) is 5.67. The number of hydrogen-bond acceptors (Lipinski definition) is 6. The molecule has 29 heavy (non-hydrogen) atoms. The minimum Gasteiger partial charge on any atom is -0.508 e. The number of ether oxygens (including phenoxy) is 1. The van der Waals surface area contributed by atoms with E-state index in [1.54, 1.807) is 12.1 Å². The summed E-state index contributed by atoms with van der Waals surface area (Å²) in [5, 5.41) is 15.5. The lowest BCUT2D eigenvalue weighted by atomic mass is 9.57. The Labute approximate surface area is 166 Å². The summed E-state index contributed by atoms with van der Waals surface area (Å²) < 4.78 is 5.15. The van der Waals surface area contributed by atoms with E-state index in [2.05, 4.69) is 10.6 Å². The van der Waals surface area contributed by atoms with Gasteiger partial charge in [0.2, 0.25) is 23.6 Å². The molecule has 2 heterocycles. The maximum atomic E-state index is 12.7. The number of carbonyl (C=O) groups is 4. The molecule has 1 aromatic rings. The topological polar surface area (TPSA) is 122 Å². The molecule has 5 rings (SSSR count). The molecule has 2 saturated heterocycles. The second kappa shape index (κ2) is 6.17. The van der Waals surface area contributed by atoms with Crippen LogP contribution >= 0.6 is 0 Å². The van der Waals surface area contributed by atoms with Gasteiger partial charge in [0.05, 0.1) is 30.8 Å². The highest BCUT2D eigenvalue weighted by Crippen LogP contribution is 2.57. The third-order valence-electron chi connectivity index (χ3n) is 6.91. The maximum Gasteiger partial charge on any atom is 0.231 e. The number of hydrogen-bond donors (Lipinski definition) is 3. The lowest BCUT2D eigenvalue weighted by Gasteiger charge is -2.44. The number of amides is 4. The van der Waals surface area contributed by atoms with E-state index in [1.165, 1.54) is 13.2 Å². The van der Waals surface area contributed by atoms with Crippen molar-refractivity contribution in [3.05, 3.63) is 35.4 Å². The molecule has 4 aliphatic rings. The number of phenols is 1. The second-order valence-electron chi connectivity index (χ2n) is 8.16. The molecule has 1 aromatic carbocycles. The van der Waals surface area contributed by atoms with E-state index < -0.39 is 29.6 Å². The number of rotatable bonds is 2. The van der Waals surface area contributed by atoms with Crippen LogP contribution in [0, 0.1) is 29.6 Å². The van der Waals surface area contributed by atoms with Crippen LogP contribution in [0.15, 0.2) is 29.8 Å². The van der Waals surface area contributed by atoms with Crippen LogP contribution in [-0.2, 0) is 19.2 Å². The summed E-state index contributed by atoms with van der Waals surface area (Å²) in [5.41, 5.74) is 1.37. The number of aromatic hydroxyl groups is 1. The zero-order valence-corrected chi connectivity index (χ0v) is 15.7. The minimum atomic E-state index is -0.652. The number of benzene rings is 1. The largest absolute Gasteiger partial charge is 0.508 e. The Kier molecular flexibility index (Phi) is 3.81. The zero-order chi connectivity index (χ0) is 20.4. The Balaban J connectivity index is 1.66. The first kappa shape index (κ1) is 17.9. The summed E-state index contributed by atoms with van der Waals surface area (Å²) >= 11 is 0. The van der Waals surface area contributed by atoms with Crippen molar-refractivity contribution >= 4 is 23.6 Å². The summed E-state index contributed by atoms with van der Waals surface area (Å²) in [5.74, 6) is -4.00. The van der Waals surface area contributed by atoms with Crippen molar-refractivity contribution in [3.8, 4) is 11.5 Å². The molecule has 2 aliphatic heterocycles. The van der Waals surface area contributed by atoms with E-state index in [4.69, 9.17) is 4.74 Å². The molecule has 0 spiro atoms. The minimum absolute atomic E-state index is 0.0316. The van der Waals surface area contributed by atoms with E-state index >= 15 is 0 Å². The summed E-state index contributed by atoms with van der Waals surface area (Å²) in [6.45, 7) is 0. The third-order valence-corrected chi connectivity index (χ3v) is 6.91. The fraction of sp³-hybridized carbons (Fsp3) is 0.429. The summed E-state index contributed by atoms with van der Waals surface area (Å²) in [6.07, 6.45) is 2.66. The number of imide groups is 2. The SMILES string of the molecule is COc1ccc(C2C3=CCC4C(=O)NC(=O)C4C3CC3C(=O)NC(=O)C32)c(O)c1. The summed E-state index contributed by atoms with van der Waals surface area (Å²) in [4.78, 5) is 49.8. The first-order chi connectivity index (χ1) is 13.9. The van der Waals surface area contributed by atoms with Crippen molar-refractivity contribution in [3.63, 3.8) is 0 Å². The highest BCUT2D eigenvalue weighted by Gasteiger charge is 2.59. The van der Waals surface area contributed by atoms with Crippen LogP contribution in [-0.4, -0.2) is 35.8 Å². The van der Waals surface area contributed by atoms with Crippen molar-refractivity contribution in [1.29, 1.82) is 0 Å². The fourth-order valence-corrected chi connectivity index (χ4v) is 5.67. The zero-order valence-electron chi connectivity index (χ0n) is 15.7. The van der Waals surface area contributed by atoms with Crippen LogP contribution in [0.1, 0.15) is 24.3 Å². The molecule has 2 aliphatic carbocycles. The Morgan fingerprint density at radius 1 is 0.931 bits per heavy atom. The summed E-state index contributed by atoms with van der Waals surface area (Å²) in [6, 6.07) is 4.86. The Morgan fingerprint density at radius 2 is 1.62 bits per heavy atom. The van der Waals surface area contributed by atoms with Crippen molar-refractivity contribution in [2.75, 3.05) is 7.11 Å². The molecular weight excluding hydrogens is 376 g/mol. The van der Waals surface area contributed by atoms with Gasteiger partial charge in [0.15, 0.2) is 0 Å². The Bertz CT molecular complexity index is 999. The predicted molar refractivity (Wildman–Crippen MR) is 98.5 cm³/mol. The van der Waals surface area contributed by atoms with Crippen LogP contribution in [0.5, 0.6) is 11.5 Å². The first-order valence-corrected chi connectivity index (χ1v) is 9.67. The number of fused-ring (bicyclic) bond motifs is 4. The van der Waals surface area contributed by atoms with E-state index in [0.29, 0.717) is 24.2 Å². The molecule has 3 fully saturated rings. The van der Waals surface area contributed by atoms with Crippen molar-refractivity contribution < 1.29 is 29.0 Å². The normalized spacial score (nSPS) is 35.3. The van der Waals surface area contributed by atoms with Gasteiger partial charge in [-0.3, -0.25) is 29.8 Å². The van der Waals surface area contributed by atoms with Gasteiger partial charge in [-0.25, -0.2) is 0 Å². The standard InChI is InChI=1S/C21H20N2O6/c1-29-8-2-3-10(14(24)6-8)15-9-4-5-11-16(20(27)22-18(11)25)12(9)7-13-17(15)21(28)23-19(13)26/h2-4,6,11-13,15-17,24H,5,7H2,1H3,(H,22,25,27)(H,23,26,28). The third kappa shape index (κ3) is 2.44. The van der Waals surface area contributed by atoms with Gasteiger partial charge in [-0.2, -0.15) is 0 Å². The number of phenolic OH excluding ortho intramolecular Hbond substituents is 1. The van der Waals surface area contributed by atoms with Gasteiger partial charge in [0, 0.05) is 17.5 Å². The molecule has 150 valence electrons. The van der Waals surface area contributed by atoms with Gasteiger partial charge in [-0.15, -0.1) is 0 Å². The Morgan fingerprint density at radius 3 is 2.31 bits per heavy atom. The predicted octanol–water partition coefficient (Wildman–Crippen LogP) is 0.612. The molecule has 3 N–H and O–H groups in total. The Hall–Kier alpha value is -3.16. The molecular formula is C21H20N2O6. The van der Waals surface area contributed by atoms with Gasteiger partial charge >= 0.3 is 0 Å². The monoisotopic (exact) mass is 396 g/mol. The quantitative estimate of drug-likeness (QED) is 0.497. The molecule has 8 heteroatoms. The van der Waals surface area contributed by atoms with E-state index in [-0.39, 0.29) is 35.3 Å². The van der Waals surface area contributed by atoms with Crippen LogP contribution in [0.4, 0.5) is 0 Å².